The Hall–Kier alpha value is -2.83. The molecular formula is C20H16ClNO5. The fourth-order valence-electron chi connectivity index (χ4n) is 3.32. The van der Waals surface area contributed by atoms with Gasteiger partial charge in [-0.3, -0.25) is 9.59 Å². The van der Waals surface area contributed by atoms with E-state index in [9.17, 15) is 14.7 Å². The monoisotopic (exact) mass is 385 g/mol. The minimum absolute atomic E-state index is 0.173. The third kappa shape index (κ3) is 2.97. The topological polar surface area (TPSA) is 76.1 Å². The first-order valence-electron chi connectivity index (χ1n) is 8.29. The molecule has 0 saturated heterocycles. The lowest BCUT2D eigenvalue weighted by molar-refractivity contribution is -0.140. The summed E-state index contributed by atoms with van der Waals surface area (Å²) >= 11 is 6.01. The lowest BCUT2D eigenvalue weighted by Crippen LogP contribution is -2.40. The van der Waals surface area contributed by atoms with Crippen molar-refractivity contribution in [3.8, 4) is 11.5 Å². The molecule has 2 aromatic carbocycles. The van der Waals surface area contributed by atoms with Crippen molar-refractivity contribution in [3.63, 3.8) is 0 Å². The van der Waals surface area contributed by atoms with Crippen LogP contribution in [0.25, 0.3) is 6.08 Å². The lowest BCUT2D eigenvalue weighted by atomic mass is 9.89. The standard InChI is InChI=1S/C20H16ClNO5/c1-22-16-6-4-13(21)9-15(16)20(25,19(22)24)10-14(23)5-2-12-3-7-17-18(8-12)27-11-26-17/h2-9,25H,10-11H2,1H3/b5-2-/t20-/m0/s1. The molecule has 27 heavy (non-hydrogen) atoms. The van der Waals surface area contributed by atoms with Crippen LogP contribution in [0.15, 0.2) is 42.5 Å². The molecular weight excluding hydrogens is 370 g/mol. The molecule has 2 aliphatic heterocycles. The SMILES string of the molecule is CN1C(=O)[C@](O)(CC(=O)/C=C\c2ccc3c(c2)OCO3)c2cc(Cl)ccc21. The van der Waals surface area contributed by atoms with Crippen LogP contribution in [0.5, 0.6) is 11.5 Å². The predicted octanol–water partition coefficient (Wildman–Crippen LogP) is 2.91. The number of halogens is 1. The van der Waals surface area contributed by atoms with Gasteiger partial charge in [0.2, 0.25) is 6.79 Å². The highest BCUT2D eigenvalue weighted by atomic mass is 35.5. The zero-order valence-corrected chi connectivity index (χ0v) is 15.2. The van der Waals surface area contributed by atoms with Crippen LogP contribution >= 0.6 is 11.6 Å². The average Bonchev–Trinajstić information content (AvgIpc) is 3.18. The number of carbonyl (C=O) groups excluding carboxylic acids is 2. The van der Waals surface area contributed by atoms with Crippen LogP contribution < -0.4 is 14.4 Å². The van der Waals surface area contributed by atoms with Gasteiger partial charge in [-0.1, -0.05) is 23.7 Å². The summed E-state index contributed by atoms with van der Waals surface area (Å²) in [6.45, 7) is 0.173. The summed E-state index contributed by atoms with van der Waals surface area (Å²) in [7, 11) is 1.56. The molecule has 0 unspecified atom stereocenters. The number of likely N-dealkylation sites (N-methyl/N-ethyl adjacent to an activating group) is 1. The van der Waals surface area contributed by atoms with Crippen LogP contribution in [0.4, 0.5) is 5.69 Å². The van der Waals surface area contributed by atoms with E-state index in [1.165, 1.54) is 17.0 Å². The van der Waals surface area contributed by atoms with Crippen LogP contribution in [-0.4, -0.2) is 30.6 Å². The van der Waals surface area contributed by atoms with E-state index in [4.69, 9.17) is 21.1 Å². The van der Waals surface area contributed by atoms with Gasteiger partial charge in [0, 0.05) is 17.6 Å². The highest BCUT2D eigenvalue weighted by Crippen LogP contribution is 2.43. The van der Waals surface area contributed by atoms with Crippen LogP contribution in [0.1, 0.15) is 17.5 Å². The number of carbonyl (C=O) groups is 2. The number of amides is 1. The minimum Gasteiger partial charge on any atom is -0.454 e. The molecule has 2 aliphatic rings. The number of ketones is 1. The number of nitrogens with zero attached hydrogens (tertiary/aromatic N) is 1. The molecule has 6 nitrogen and oxygen atoms in total. The number of hydrogen-bond acceptors (Lipinski definition) is 5. The Labute approximate surface area is 160 Å². The second-order valence-corrected chi connectivity index (χ2v) is 6.91. The van der Waals surface area contributed by atoms with Crippen molar-refractivity contribution < 1.29 is 24.2 Å². The molecule has 7 heteroatoms. The highest BCUT2D eigenvalue weighted by molar-refractivity contribution is 6.31. The van der Waals surface area contributed by atoms with Gasteiger partial charge in [0.1, 0.15) is 0 Å². The predicted molar refractivity (Wildman–Crippen MR) is 100.0 cm³/mol. The molecule has 2 aromatic rings. The van der Waals surface area contributed by atoms with E-state index in [0.717, 1.165) is 5.56 Å². The smallest absolute Gasteiger partial charge is 0.263 e. The lowest BCUT2D eigenvalue weighted by Gasteiger charge is -2.20. The Morgan fingerprint density at radius 2 is 2.04 bits per heavy atom. The van der Waals surface area contributed by atoms with Gasteiger partial charge >= 0.3 is 0 Å². The normalized spacial score (nSPS) is 20.4. The highest BCUT2D eigenvalue weighted by Gasteiger charge is 2.49. The fraction of sp³-hybridized carbons (Fsp3) is 0.200. The Kier molecular flexibility index (Phi) is 4.17. The van der Waals surface area contributed by atoms with Crippen molar-refractivity contribution in [2.24, 2.45) is 0 Å². The quantitative estimate of drug-likeness (QED) is 0.819. The van der Waals surface area contributed by atoms with Crippen molar-refractivity contribution >= 4 is 35.1 Å². The number of aliphatic hydroxyl groups is 1. The maximum Gasteiger partial charge on any atom is 0.263 e. The first-order valence-corrected chi connectivity index (χ1v) is 8.67. The Morgan fingerprint density at radius 1 is 1.26 bits per heavy atom. The van der Waals surface area contributed by atoms with E-state index in [1.54, 1.807) is 43.5 Å². The summed E-state index contributed by atoms with van der Waals surface area (Å²) < 4.78 is 10.5. The van der Waals surface area contributed by atoms with E-state index in [1.807, 2.05) is 0 Å². The zero-order chi connectivity index (χ0) is 19.2. The largest absolute Gasteiger partial charge is 0.454 e. The molecule has 0 saturated carbocycles. The van der Waals surface area contributed by atoms with Gasteiger partial charge in [-0.15, -0.1) is 0 Å². The van der Waals surface area contributed by atoms with Gasteiger partial charge in [0.15, 0.2) is 22.9 Å². The van der Waals surface area contributed by atoms with Gasteiger partial charge in [0.25, 0.3) is 5.91 Å². The summed E-state index contributed by atoms with van der Waals surface area (Å²) in [6, 6.07) is 10.1. The Morgan fingerprint density at radius 3 is 2.85 bits per heavy atom. The first-order chi connectivity index (χ1) is 12.9. The second-order valence-electron chi connectivity index (χ2n) is 6.48. The molecule has 0 bridgehead atoms. The third-order valence-corrected chi connectivity index (χ3v) is 4.95. The summed E-state index contributed by atoms with van der Waals surface area (Å²) in [5, 5.41) is 11.3. The van der Waals surface area contributed by atoms with Crippen molar-refractivity contribution in [1.29, 1.82) is 0 Å². The molecule has 4 rings (SSSR count). The number of ether oxygens (including phenoxy) is 2. The summed E-state index contributed by atoms with van der Waals surface area (Å²) in [5.74, 6) is 0.328. The molecule has 0 aromatic heterocycles. The summed E-state index contributed by atoms with van der Waals surface area (Å²) in [6.07, 6.45) is 2.57. The van der Waals surface area contributed by atoms with Crippen molar-refractivity contribution in [2.75, 3.05) is 18.7 Å². The Bertz CT molecular complexity index is 986. The number of benzene rings is 2. The van der Waals surface area contributed by atoms with E-state index >= 15 is 0 Å². The summed E-state index contributed by atoms with van der Waals surface area (Å²) in [4.78, 5) is 26.3. The summed E-state index contributed by atoms with van der Waals surface area (Å²) in [5.41, 5.74) is -0.296. The van der Waals surface area contributed by atoms with Gasteiger partial charge < -0.3 is 19.5 Å². The molecule has 0 aliphatic carbocycles. The number of anilines is 1. The van der Waals surface area contributed by atoms with Crippen molar-refractivity contribution in [2.45, 2.75) is 12.0 Å². The average molecular weight is 386 g/mol. The zero-order valence-electron chi connectivity index (χ0n) is 14.4. The minimum atomic E-state index is -1.93. The van der Waals surface area contributed by atoms with Gasteiger partial charge in [-0.2, -0.15) is 0 Å². The van der Waals surface area contributed by atoms with Crippen LogP contribution in [0.2, 0.25) is 5.02 Å². The molecule has 2 heterocycles. The Balaban J connectivity index is 1.56. The van der Waals surface area contributed by atoms with E-state index < -0.39 is 11.5 Å². The molecule has 1 amide bonds. The third-order valence-electron chi connectivity index (χ3n) is 4.71. The van der Waals surface area contributed by atoms with Crippen molar-refractivity contribution in [3.05, 3.63) is 58.6 Å². The maximum atomic E-state index is 12.6. The molecule has 1 atom stereocenters. The molecule has 0 fully saturated rings. The van der Waals surface area contributed by atoms with Crippen LogP contribution in [0.3, 0.4) is 0 Å². The molecule has 138 valence electrons. The number of allylic oxidation sites excluding steroid dienone is 1. The van der Waals surface area contributed by atoms with Crippen LogP contribution in [-0.2, 0) is 15.2 Å². The second kappa shape index (κ2) is 6.40. The van der Waals surface area contributed by atoms with Crippen LogP contribution in [0, 0.1) is 0 Å². The van der Waals surface area contributed by atoms with E-state index in [-0.39, 0.29) is 19.0 Å². The first kappa shape index (κ1) is 17.6. The number of hydrogen-bond donors (Lipinski definition) is 1. The maximum absolute atomic E-state index is 12.6. The van der Waals surface area contributed by atoms with Gasteiger partial charge in [0.05, 0.1) is 12.1 Å². The number of rotatable bonds is 4. The molecule has 0 radical (unpaired) electrons. The molecule has 1 N–H and O–H groups in total. The van der Waals surface area contributed by atoms with E-state index in [0.29, 0.717) is 27.8 Å². The van der Waals surface area contributed by atoms with Crippen molar-refractivity contribution in [1.82, 2.24) is 0 Å². The van der Waals surface area contributed by atoms with E-state index in [2.05, 4.69) is 0 Å². The fourth-order valence-corrected chi connectivity index (χ4v) is 3.49. The number of fused-ring (bicyclic) bond motifs is 2. The van der Waals surface area contributed by atoms with Gasteiger partial charge in [-0.05, 0) is 42.0 Å². The molecule has 0 spiro atoms. The van der Waals surface area contributed by atoms with Gasteiger partial charge in [-0.25, -0.2) is 0 Å².